The molecule has 2 fully saturated rings. The molecule has 0 bridgehead atoms. The van der Waals surface area contributed by atoms with Crippen LogP contribution in [0.4, 0.5) is 0 Å². The van der Waals surface area contributed by atoms with Gasteiger partial charge in [0.2, 0.25) is 5.91 Å². The number of carbonyl (C=O) groups is 1. The number of hydrogen-bond acceptors (Lipinski definition) is 5. The summed E-state index contributed by atoms with van der Waals surface area (Å²) in [6.45, 7) is 7.45. The Morgan fingerprint density at radius 1 is 1.15 bits per heavy atom. The lowest BCUT2D eigenvalue weighted by Crippen LogP contribution is -2.49. The van der Waals surface area contributed by atoms with Gasteiger partial charge in [-0.15, -0.1) is 0 Å². The number of piperidine rings is 1. The van der Waals surface area contributed by atoms with Crippen molar-refractivity contribution >= 4 is 12.0 Å². The molecule has 0 spiro atoms. The van der Waals surface area contributed by atoms with E-state index in [0.29, 0.717) is 12.6 Å². The number of rotatable bonds is 7. The van der Waals surface area contributed by atoms with Gasteiger partial charge in [0.25, 0.3) is 0 Å². The minimum Gasteiger partial charge on any atom is -0.490 e. The fourth-order valence-corrected chi connectivity index (χ4v) is 3.51. The van der Waals surface area contributed by atoms with E-state index in [1.165, 1.54) is 5.56 Å². The average molecular weight is 373 g/mol. The van der Waals surface area contributed by atoms with Crippen LogP contribution in [-0.2, 0) is 4.79 Å². The maximum Gasteiger partial charge on any atom is 0.233 e. The number of piperazine rings is 1. The van der Waals surface area contributed by atoms with Crippen LogP contribution in [0.1, 0.15) is 18.4 Å². The lowest BCUT2D eigenvalue weighted by Gasteiger charge is -2.33. The summed E-state index contributed by atoms with van der Waals surface area (Å²) in [6, 6.07) is 8.38. The summed E-state index contributed by atoms with van der Waals surface area (Å²) in [7, 11) is 1.69. The van der Waals surface area contributed by atoms with Crippen LogP contribution < -0.4 is 15.4 Å². The van der Waals surface area contributed by atoms with Crippen molar-refractivity contribution < 1.29 is 9.53 Å². The fraction of sp³-hybridized carbons (Fsp3) is 0.571. The van der Waals surface area contributed by atoms with Crippen molar-refractivity contribution in [1.29, 1.82) is 0 Å². The van der Waals surface area contributed by atoms with E-state index in [2.05, 4.69) is 56.9 Å². The molecular formula is C21H32N4O2. The number of ether oxygens (including phenoxy) is 1. The third-order valence-corrected chi connectivity index (χ3v) is 5.25. The number of likely N-dealkylation sites (N-methyl/N-ethyl adjacent to an activating group) is 1. The molecule has 2 aliphatic rings. The van der Waals surface area contributed by atoms with Gasteiger partial charge in [0.15, 0.2) is 0 Å². The Hall–Kier alpha value is -1.89. The van der Waals surface area contributed by atoms with Gasteiger partial charge in [0.1, 0.15) is 11.9 Å². The number of amides is 1. The summed E-state index contributed by atoms with van der Waals surface area (Å²) in [6.07, 6.45) is 6.90. The van der Waals surface area contributed by atoms with E-state index in [0.717, 1.165) is 64.4 Å². The van der Waals surface area contributed by atoms with Crippen LogP contribution >= 0.6 is 0 Å². The molecule has 0 unspecified atom stereocenters. The van der Waals surface area contributed by atoms with Crippen LogP contribution in [0.25, 0.3) is 6.08 Å². The second kappa shape index (κ2) is 10.4. The van der Waals surface area contributed by atoms with E-state index >= 15 is 0 Å². The molecule has 1 aromatic rings. The van der Waals surface area contributed by atoms with Crippen molar-refractivity contribution in [1.82, 2.24) is 20.4 Å². The lowest BCUT2D eigenvalue weighted by molar-refractivity contribution is -0.122. The van der Waals surface area contributed by atoms with E-state index in [4.69, 9.17) is 4.74 Å². The van der Waals surface area contributed by atoms with Crippen LogP contribution in [0.2, 0.25) is 0 Å². The molecule has 6 heteroatoms. The molecule has 0 atom stereocenters. The number of benzene rings is 1. The van der Waals surface area contributed by atoms with Crippen LogP contribution in [0.15, 0.2) is 30.3 Å². The fourth-order valence-electron chi connectivity index (χ4n) is 3.51. The number of nitrogens with zero attached hydrogens (tertiary/aromatic N) is 2. The molecule has 2 aliphatic heterocycles. The van der Waals surface area contributed by atoms with E-state index in [-0.39, 0.29) is 5.91 Å². The highest BCUT2D eigenvalue weighted by Gasteiger charge is 2.17. The zero-order valence-corrected chi connectivity index (χ0v) is 16.3. The van der Waals surface area contributed by atoms with Crippen LogP contribution in [-0.4, -0.2) is 81.2 Å². The van der Waals surface area contributed by atoms with Gasteiger partial charge in [-0.1, -0.05) is 24.3 Å². The molecule has 0 aliphatic carbocycles. The molecule has 0 saturated carbocycles. The molecule has 27 heavy (non-hydrogen) atoms. The largest absolute Gasteiger partial charge is 0.490 e. The van der Waals surface area contributed by atoms with Gasteiger partial charge >= 0.3 is 0 Å². The van der Waals surface area contributed by atoms with E-state index in [1.54, 1.807) is 7.05 Å². The Labute approximate surface area is 162 Å². The minimum atomic E-state index is 0.0934. The predicted molar refractivity (Wildman–Crippen MR) is 109 cm³/mol. The van der Waals surface area contributed by atoms with Crippen molar-refractivity contribution in [3.8, 4) is 5.75 Å². The zero-order chi connectivity index (χ0) is 18.9. The highest BCUT2D eigenvalue weighted by molar-refractivity contribution is 5.77. The maximum absolute atomic E-state index is 11.4. The first-order valence-electron chi connectivity index (χ1n) is 10.0. The summed E-state index contributed by atoms with van der Waals surface area (Å²) in [5.41, 5.74) is 1.20. The normalized spacial score (nSPS) is 20.0. The van der Waals surface area contributed by atoms with Gasteiger partial charge in [-0.05, 0) is 43.6 Å². The van der Waals surface area contributed by atoms with Crippen molar-refractivity contribution in [3.05, 3.63) is 35.9 Å². The van der Waals surface area contributed by atoms with Crippen molar-refractivity contribution in [2.75, 3.05) is 59.4 Å². The first-order chi connectivity index (χ1) is 13.2. The van der Waals surface area contributed by atoms with E-state index in [1.807, 2.05) is 0 Å². The lowest BCUT2D eigenvalue weighted by atomic mass is 10.1. The van der Waals surface area contributed by atoms with Crippen LogP contribution in [0.5, 0.6) is 5.75 Å². The Morgan fingerprint density at radius 3 is 2.48 bits per heavy atom. The van der Waals surface area contributed by atoms with Gasteiger partial charge < -0.3 is 15.4 Å². The summed E-state index contributed by atoms with van der Waals surface area (Å²) >= 11 is 0. The molecule has 148 valence electrons. The Bertz CT molecular complexity index is 603. The third kappa shape index (κ3) is 6.65. The van der Waals surface area contributed by atoms with Gasteiger partial charge in [-0.2, -0.15) is 0 Å². The average Bonchev–Trinajstić information content (AvgIpc) is 2.71. The Morgan fingerprint density at radius 2 is 1.81 bits per heavy atom. The molecule has 2 saturated heterocycles. The summed E-state index contributed by atoms with van der Waals surface area (Å²) in [4.78, 5) is 16.1. The molecule has 0 radical (unpaired) electrons. The summed E-state index contributed by atoms with van der Waals surface area (Å²) < 4.78 is 6.05. The number of nitrogens with one attached hydrogen (secondary N) is 2. The molecule has 2 N–H and O–H groups in total. The smallest absolute Gasteiger partial charge is 0.233 e. The topological polar surface area (TPSA) is 56.8 Å². The zero-order valence-electron chi connectivity index (χ0n) is 16.3. The molecule has 3 rings (SSSR count). The molecule has 2 heterocycles. The molecule has 1 aromatic carbocycles. The Balaban J connectivity index is 1.38. The highest BCUT2D eigenvalue weighted by Crippen LogP contribution is 2.18. The third-order valence-electron chi connectivity index (χ3n) is 5.25. The predicted octanol–water partition coefficient (Wildman–Crippen LogP) is 1.19. The highest BCUT2D eigenvalue weighted by atomic mass is 16.5. The monoisotopic (exact) mass is 372 g/mol. The maximum atomic E-state index is 11.4. The first kappa shape index (κ1) is 19.9. The van der Waals surface area contributed by atoms with E-state index in [9.17, 15) is 4.79 Å². The molecule has 1 amide bonds. The van der Waals surface area contributed by atoms with Gasteiger partial charge in [-0.3, -0.25) is 14.6 Å². The summed E-state index contributed by atoms with van der Waals surface area (Å²) in [5, 5.41) is 6.04. The number of carbonyl (C=O) groups excluding carboxylic acids is 1. The van der Waals surface area contributed by atoms with E-state index < -0.39 is 0 Å². The van der Waals surface area contributed by atoms with Gasteiger partial charge in [0, 0.05) is 39.8 Å². The SMILES string of the molecule is CNC(=O)CN1CCN(C/C=C/c2ccc(OC3CCNCC3)cc2)CC1. The quantitative estimate of drug-likeness (QED) is 0.753. The van der Waals surface area contributed by atoms with Gasteiger partial charge in [0.05, 0.1) is 6.54 Å². The standard InChI is InChI=1S/C21H32N4O2/c1-22-21(26)17-25-15-13-24(14-16-25)12-2-3-18-4-6-19(7-5-18)27-20-8-10-23-11-9-20/h2-7,20,23H,8-17H2,1H3,(H,22,26)/b3-2+. The minimum absolute atomic E-state index is 0.0934. The first-order valence-corrected chi connectivity index (χ1v) is 10.0. The summed E-state index contributed by atoms with van der Waals surface area (Å²) in [5.74, 6) is 1.06. The van der Waals surface area contributed by atoms with Crippen molar-refractivity contribution in [3.63, 3.8) is 0 Å². The van der Waals surface area contributed by atoms with Crippen LogP contribution in [0, 0.1) is 0 Å². The second-order valence-electron chi connectivity index (χ2n) is 7.29. The van der Waals surface area contributed by atoms with Gasteiger partial charge in [-0.25, -0.2) is 0 Å². The molecule has 6 nitrogen and oxygen atoms in total. The molecule has 0 aromatic heterocycles. The Kier molecular flexibility index (Phi) is 7.68. The number of hydrogen-bond donors (Lipinski definition) is 2. The van der Waals surface area contributed by atoms with Crippen LogP contribution in [0.3, 0.4) is 0 Å². The van der Waals surface area contributed by atoms with Crippen molar-refractivity contribution in [2.24, 2.45) is 0 Å². The molecular weight excluding hydrogens is 340 g/mol. The second-order valence-corrected chi connectivity index (χ2v) is 7.29. The van der Waals surface area contributed by atoms with Crippen molar-refractivity contribution in [2.45, 2.75) is 18.9 Å².